The normalized spacial score (nSPS) is 23.6. The van der Waals surface area contributed by atoms with E-state index >= 15 is 0 Å². The number of hydrogen-bond acceptors (Lipinski definition) is 3. The summed E-state index contributed by atoms with van der Waals surface area (Å²) in [6, 6.07) is 5.07. The molecule has 0 heterocycles. The summed E-state index contributed by atoms with van der Waals surface area (Å²) in [6.07, 6.45) is 3.31. The van der Waals surface area contributed by atoms with Crippen molar-refractivity contribution < 1.29 is 14.3 Å². The highest BCUT2D eigenvalue weighted by Gasteiger charge is 2.28. The van der Waals surface area contributed by atoms with Gasteiger partial charge in [-0.2, -0.15) is 0 Å². The van der Waals surface area contributed by atoms with Crippen molar-refractivity contribution in [2.24, 2.45) is 11.8 Å². The molecule has 0 spiro atoms. The van der Waals surface area contributed by atoms with Crippen LogP contribution in [-0.4, -0.2) is 24.5 Å². The van der Waals surface area contributed by atoms with E-state index in [-0.39, 0.29) is 25.0 Å². The van der Waals surface area contributed by atoms with Gasteiger partial charge in [-0.1, -0.05) is 56.0 Å². The Bertz CT molecular complexity index is 606. The number of benzene rings is 1. The van der Waals surface area contributed by atoms with Crippen molar-refractivity contribution in [2.45, 2.75) is 45.6 Å². The zero-order valence-corrected chi connectivity index (χ0v) is 15.5. The smallest absolute Gasteiger partial charge is 0.310 e. The van der Waals surface area contributed by atoms with Gasteiger partial charge >= 0.3 is 5.97 Å². The van der Waals surface area contributed by atoms with Gasteiger partial charge in [-0.15, -0.1) is 0 Å². The van der Waals surface area contributed by atoms with Gasteiger partial charge in [0.1, 0.15) is 0 Å². The summed E-state index contributed by atoms with van der Waals surface area (Å²) in [5.74, 6) is 0.292. The van der Waals surface area contributed by atoms with Crippen LogP contribution in [0.15, 0.2) is 18.2 Å². The molecule has 6 heteroatoms. The average Bonchev–Trinajstić information content (AvgIpc) is 2.53. The monoisotopic (exact) mass is 371 g/mol. The Morgan fingerprint density at radius 2 is 2.00 bits per heavy atom. The van der Waals surface area contributed by atoms with Crippen LogP contribution in [0.2, 0.25) is 10.0 Å². The highest BCUT2D eigenvalue weighted by molar-refractivity contribution is 6.35. The number of hydrogen-bond donors (Lipinski definition) is 1. The fourth-order valence-electron chi connectivity index (χ4n) is 3.05. The molecule has 3 unspecified atom stereocenters. The predicted octanol–water partition coefficient (Wildman–Crippen LogP) is 4.02. The Morgan fingerprint density at radius 3 is 2.71 bits per heavy atom. The van der Waals surface area contributed by atoms with Crippen LogP contribution < -0.4 is 5.32 Å². The third-order valence-electron chi connectivity index (χ3n) is 4.77. The number of rotatable bonds is 5. The zero-order chi connectivity index (χ0) is 17.7. The van der Waals surface area contributed by atoms with Gasteiger partial charge in [0.05, 0.1) is 6.42 Å². The molecule has 0 bridgehead atoms. The summed E-state index contributed by atoms with van der Waals surface area (Å²) in [4.78, 5) is 23.9. The van der Waals surface area contributed by atoms with Crippen LogP contribution in [0.5, 0.6) is 0 Å². The number of carbonyl (C=O) groups excluding carboxylic acids is 2. The van der Waals surface area contributed by atoms with Gasteiger partial charge < -0.3 is 10.1 Å². The van der Waals surface area contributed by atoms with Gasteiger partial charge in [0.25, 0.3) is 5.91 Å². The van der Waals surface area contributed by atoms with E-state index in [1.165, 1.54) is 6.42 Å². The molecule has 1 fully saturated rings. The minimum absolute atomic E-state index is 0.0140. The number of halogens is 2. The molecule has 3 atom stereocenters. The Kier molecular flexibility index (Phi) is 6.93. The minimum Gasteiger partial charge on any atom is -0.455 e. The van der Waals surface area contributed by atoms with Crippen LogP contribution in [0, 0.1) is 11.8 Å². The highest BCUT2D eigenvalue weighted by atomic mass is 35.5. The van der Waals surface area contributed by atoms with Gasteiger partial charge in [-0.25, -0.2) is 0 Å². The SMILES string of the molecule is CC1CCCC(NC(=O)COC(=O)Cc2ccc(Cl)cc2Cl)C1C. The van der Waals surface area contributed by atoms with E-state index in [1.807, 2.05) is 0 Å². The van der Waals surface area contributed by atoms with Crippen LogP contribution in [0.3, 0.4) is 0 Å². The zero-order valence-electron chi connectivity index (χ0n) is 14.0. The third-order valence-corrected chi connectivity index (χ3v) is 5.35. The predicted molar refractivity (Wildman–Crippen MR) is 95.2 cm³/mol. The molecule has 0 aliphatic heterocycles. The van der Waals surface area contributed by atoms with Crippen molar-refractivity contribution in [2.75, 3.05) is 6.61 Å². The molecule has 1 N–H and O–H groups in total. The van der Waals surface area contributed by atoms with E-state index in [9.17, 15) is 9.59 Å². The van der Waals surface area contributed by atoms with Gasteiger partial charge in [0.2, 0.25) is 0 Å². The summed E-state index contributed by atoms with van der Waals surface area (Å²) in [5.41, 5.74) is 0.626. The molecule has 1 aliphatic rings. The maximum absolute atomic E-state index is 12.0. The first-order valence-electron chi connectivity index (χ1n) is 8.25. The summed E-state index contributed by atoms with van der Waals surface area (Å²) in [5, 5.41) is 3.90. The van der Waals surface area contributed by atoms with Gasteiger partial charge in [0.15, 0.2) is 6.61 Å². The second-order valence-electron chi connectivity index (χ2n) is 6.51. The van der Waals surface area contributed by atoms with E-state index in [0.29, 0.717) is 27.4 Å². The topological polar surface area (TPSA) is 55.4 Å². The molecule has 0 aromatic heterocycles. The van der Waals surface area contributed by atoms with Crippen molar-refractivity contribution in [3.8, 4) is 0 Å². The molecule has 1 aromatic carbocycles. The van der Waals surface area contributed by atoms with Crippen molar-refractivity contribution in [1.82, 2.24) is 5.32 Å². The number of amides is 1. The Hall–Kier alpha value is -1.26. The number of esters is 1. The largest absolute Gasteiger partial charge is 0.455 e. The van der Waals surface area contributed by atoms with Crippen LogP contribution >= 0.6 is 23.2 Å². The van der Waals surface area contributed by atoms with Crippen molar-refractivity contribution in [1.29, 1.82) is 0 Å². The van der Waals surface area contributed by atoms with Crippen molar-refractivity contribution in [3.63, 3.8) is 0 Å². The first kappa shape index (κ1) is 19.1. The second-order valence-corrected chi connectivity index (χ2v) is 7.36. The molecule has 4 nitrogen and oxygen atoms in total. The fraction of sp³-hybridized carbons (Fsp3) is 0.556. The molecular weight excluding hydrogens is 349 g/mol. The van der Waals surface area contributed by atoms with Crippen LogP contribution in [0.1, 0.15) is 38.7 Å². The first-order chi connectivity index (χ1) is 11.4. The van der Waals surface area contributed by atoms with Crippen LogP contribution in [0.4, 0.5) is 0 Å². The van der Waals surface area contributed by atoms with Crippen LogP contribution in [-0.2, 0) is 20.7 Å². The van der Waals surface area contributed by atoms with Gasteiger partial charge in [-0.05, 0) is 36.0 Å². The molecule has 1 amide bonds. The van der Waals surface area contributed by atoms with Gasteiger partial charge in [0, 0.05) is 16.1 Å². The van der Waals surface area contributed by atoms with E-state index in [2.05, 4.69) is 19.2 Å². The fourth-order valence-corrected chi connectivity index (χ4v) is 3.53. The number of carbonyl (C=O) groups is 2. The molecule has 132 valence electrons. The second kappa shape index (κ2) is 8.72. The first-order valence-corrected chi connectivity index (χ1v) is 9.01. The quantitative estimate of drug-likeness (QED) is 0.795. The molecule has 0 saturated heterocycles. The Balaban J connectivity index is 1.77. The lowest BCUT2D eigenvalue weighted by molar-refractivity contribution is -0.148. The van der Waals surface area contributed by atoms with E-state index in [0.717, 1.165) is 12.8 Å². The summed E-state index contributed by atoms with van der Waals surface area (Å²) in [7, 11) is 0. The molecule has 1 aromatic rings. The van der Waals surface area contributed by atoms with E-state index in [1.54, 1.807) is 18.2 Å². The van der Waals surface area contributed by atoms with Crippen molar-refractivity contribution in [3.05, 3.63) is 33.8 Å². The molecule has 0 radical (unpaired) electrons. The third kappa shape index (κ3) is 5.38. The molecule has 1 saturated carbocycles. The Labute approximate surface area is 152 Å². The number of nitrogens with one attached hydrogen (secondary N) is 1. The Morgan fingerprint density at radius 1 is 1.25 bits per heavy atom. The molecular formula is C18H23Cl2NO3. The van der Waals surface area contributed by atoms with Crippen LogP contribution in [0.25, 0.3) is 0 Å². The number of ether oxygens (including phenoxy) is 1. The van der Waals surface area contributed by atoms with E-state index in [4.69, 9.17) is 27.9 Å². The highest BCUT2D eigenvalue weighted by Crippen LogP contribution is 2.29. The molecule has 2 rings (SSSR count). The average molecular weight is 372 g/mol. The maximum Gasteiger partial charge on any atom is 0.310 e. The van der Waals surface area contributed by atoms with Crippen molar-refractivity contribution >= 4 is 35.1 Å². The molecule has 24 heavy (non-hydrogen) atoms. The minimum atomic E-state index is -0.487. The summed E-state index contributed by atoms with van der Waals surface area (Å²) < 4.78 is 5.05. The lowest BCUT2D eigenvalue weighted by Crippen LogP contribution is -2.45. The lowest BCUT2D eigenvalue weighted by atomic mass is 9.78. The maximum atomic E-state index is 12.0. The summed E-state index contributed by atoms with van der Waals surface area (Å²) >= 11 is 11.8. The lowest BCUT2D eigenvalue weighted by Gasteiger charge is -2.34. The molecule has 1 aliphatic carbocycles. The van der Waals surface area contributed by atoms with E-state index < -0.39 is 5.97 Å². The summed E-state index contributed by atoms with van der Waals surface area (Å²) in [6.45, 7) is 4.10. The van der Waals surface area contributed by atoms with Gasteiger partial charge in [-0.3, -0.25) is 9.59 Å². The standard InChI is InChI=1S/C18H23Cl2NO3/c1-11-4-3-5-16(12(11)2)21-17(22)10-24-18(23)8-13-6-7-14(19)9-15(13)20/h6-7,9,11-12,16H,3-5,8,10H2,1-2H3,(H,21,22).